The van der Waals surface area contributed by atoms with Crippen molar-refractivity contribution >= 4 is 9.84 Å². The van der Waals surface area contributed by atoms with Crippen molar-refractivity contribution in [2.45, 2.75) is 29.1 Å². The van der Waals surface area contributed by atoms with Crippen LogP contribution >= 0.6 is 0 Å². The monoisotopic (exact) mass is 304 g/mol. The molecule has 110 valence electrons. The van der Waals surface area contributed by atoms with Gasteiger partial charge < -0.3 is 9.84 Å². The zero-order valence-electron chi connectivity index (χ0n) is 11.7. The quantitative estimate of drug-likeness (QED) is 0.947. The number of aryl methyl sites for hydroxylation is 2. The van der Waals surface area contributed by atoms with E-state index < -0.39 is 9.84 Å². The molecule has 1 aliphatic carbocycles. The molecule has 4 nitrogen and oxygen atoms in total. The molecule has 0 fully saturated rings. The molecular weight excluding hydrogens is 288 g/mol. The van der Waals surface area contributed by atoms with Crippen LogP contribution in [0.3, 0.4) is 0 Å². The number of hydrogen-bond donors (Lipinski definition) is 1. The number of rotatable bonds is 3. The van der Waals surface area contributed by atoms with Crippen molar-refractivity contribution < 1.29 is 18.3 Å². The first-order valence-corrected chi connectivity index (χ1v) is 8.24. The molecule has 0 saturated heterocycles. The molecule has 0 radical (unpaired) electrons. The fraction of sp³-hybridized carbons (Fsp3) is 0.250. The van der Waals surface area contributed by atoms with Crippen molar-refractivity contribution in [3.8, 4) is 11.5 Å². The highest BCUT2D eigenvalue weighted by molar-refractivity contribution is 7.91. The molecule has 21 heavy (non-hydrogen) atoms. The van der Waals surface area contributed by atoms with Crippen LogP contribution in [-0.2, 0) is 22.7 Å². The lowest BCUT2D eigenvalue weighted by atomic mass is 10.1. The van der Waals surface area contributed by atoms with Crippen molar-refractivity contribution in [1.29, 1.82) is 0 Å². The Morgan fingerprint density at radius 1 is 1.00 bits per heavy atom. The van der Waals surface area contributed by atoms with Gasteiger partial charge in [-0.05, 0) is 54.7 Å². The number of benzene rings is 2. The molecule has 0 aromatic heterocycles. The van der Waals surface area contributed by atoms with Crippen LogP contribution in [0.2, 0.25) is 0 Å². The molecular formula is C16H16O4S. The van der Waals surface area contributed by atoms with Gasteiger partial charge in [-0.25, -0.2) is 8.42 Å². The van der Waals surface area contributed by atoms with Gasteiger partial charge in [0.05, 0.1) is 16.9 Å². The molecule has 1 aliphatic rings. The van der Waals surface area contributed by atoms with E-state index in [9.17, 15) is 13.5 Å². The third-order valence-electron chi connectivity index (χ3n) is 3.84. The minimum absolute atomic E-state index is 0.0783. The molecule has 1 N–H and O–H groups in total. The van der Waals surface area contributed by atoms with E-state index in [1.165, 1.54) is 30.9 Å². The maximum atomic E-state index is 12.7. The third kappa shape index (κ3) is 2.38. The lowest BCUT2D eigenvalue weighted by Gasteiger charge is -2.09. The van der Waals surface area contributed by atoms with Gasteiger partial charge in [0.2, 0.25) is 9.84 Å². The predicted octanol–water partition coefficient (Wildman–Crippen LogP) is 2.72. The van der Waals surface area contributed by atoms with E-state index in [-0.39, 0.29) is 21.3 Å². The summed E-state index contributed by atoms with van der Waals surface area (Å²) in [5.74, 6) is 0.0719. The number of methoxy groups -OCH3 is 1. The van der Waals surface area contributed by atoms with Crippen LogP contribution in [0.25, 0.3) is 0 Å². The fourth-order valence-electron chi connectivity index (χ4n) is 2.68. The smallest absolute Gasteiger partial charge is 0.206 e. The number of phenolic OH excluding ortho intramolecular Hbond substituents is 1. The largest absolute Gasteiger partial charge is 0.504 e. The molecule has 0 saturated carbocycles. The summed E-state index contributed by atoms with van der Waals surface area (Å²) in [7, 11) is -2.21. The van der Waals surface area contributed by atoms with E-state index >= 15 is 0 Å². The van der Waals surface area contributed by atoms with Crippen molar-refractivity contribution in [3.63, 3.8) is 0 Å². The van der Waals surface area contributed by atoms with Crippen LogP contribution in [0.5, 0.6) is 11.5 Å². The summed E-state index contributed by atoms with van der Waals surface area (Å²) in [5, 5.41) is 9.58. The lowest BCUT2D eigenvalue weighted by Crippen LogP contribution is -2.03. The molecule has 2 aromatic rings. The number of fused-ring (bicyclic) bond motifs is 1. The van der Waals surface area contributed by atoms with Crippen LogP contribution in [-0.4, -0.2) is 20.6 Å². The molecule has 0 amide bonds. The summed E-state index contributed by atoms with van der Waals surface area (Å²) < 4.78 is 30.3. The van der Waals surface area contributed by atoms with Gasteiger partial charge in [0.1, 0.15) is 0 Å². The van der Waals surface area contributed by atoms with Crippen LogP contribution in [0.15, 0.2) is 46.2 Å². The highest BCUT2D eigenvalue weighted by atomic mass is 32.2. The zero-order chi connectivity index (χ0) is 15.0. The van der Waals surface area contributed by atoms with E-state index in [1.807, 2.05) is 6.07 Å². The summed E-state index contributed by atoms with van der Waals surface area (Å²) in [6, 6.07) is 9.38. The molecule has 0 bridgehead atoms. The number of hydrogen-bond acceptors (Lipinski definition) is 4. The molecule has 0 atom stereocenters. The summed E-state index contributed by atoms with van der Waals surface area (Å²) in [6.07, 6.45) is 3.02. The van der Waals surface area contributed by atoms with E-state index in [0.29, 0.717) is 0 Å². The van der Waals surface area contributed by atoms with Crippen LogP contribution in [0, 0.1) is 0 Å². The summed E-state index contributed by atoms with van der Waals surface area (Å²) in [5.41, 5.74) is 2.35. The first-order chi connectivity index (χ1) is 10.0. The van der Waals surface area contributed by atoms with Gasteiger partial charge in [-0.3, -0.25) is 0 Å². The molecule has 2 aromatic carbocycles. The Kier molecular flexibility index (Phi) is 3.37. The molecule has 0 spiro atoms. The summed E-state index contributed by atoms with van der Waals surface area (Å²) >= 11 is 0. The molecule has 0 unspecified atom stereocenters. The Balaban J connectivity index is 2.08. The summed E-state index contributed by atoms with van der Waals surface area (Å²) in [4.78, 5) is 0.408. The molecule has 0 aliphatic heterocycles. The minimum Gasteiger partial charge on any atom is -0.504 e. The SMILES string of the molecule is COc1cc(S(=O)(=O)c2ccc3c(c2)CCC3)ccc1O. The van der Waals surface area contributed by atoms with E-state index in [4.69, 9.17) is 4.74 Å². The Bertz CT molecular complexity index is 777. The summed E-state index contributed by atoms with van der Waals surface area (Å²) in [6.45, 7) is 0. The van der Waals surface area contributed by atoms with Gasteiger partial charge in [-0.15, -0.1) is 0 Å². The van der Waals surface area contributed by atoms with E-state index in [1.54, 1.807) is 12.1 Å². The highest BCUT2D eigenvalue weighted by Gasteiger charge is 2.22. The average Bonchev–Trinajstić information content (AvgIpc) is 2.94. The van der Waals surface area contributed by atoms with Crippen LogP contribution < -0.4 is 4.74 Å². The van der Waals surface area contributed by atoms with E-state index in [2.05, 4.69) is 0 Å². The second kappa shape index (κ2) is 5.07. The molecule has 3 rings (SSSR count). The van der Waals surface area contributed by atoms with Crippen molar-refractivity contribution in [1.82, 2.24) is 0 Å². The topological polar surface area (TPSA) is 63.6 Å². The first kappa shape index (κ1) is 13.9. The maximum absolute atomic E-state index is 12.7. The number of sulfone groups is 1. The van der Waals surface area contributed by atoms with Crippen molar-refractivity contribution in [3.05, 3.63) is 47.5 Å². The Hall–Kier alpha value is -2.01. The van der Waals surface area contributed by atoms with Crippen LogP contribution in [0.4, 0.5) is 0 Å². The second-order valence-electron chi connectivity index (χ2n) is 5.12. The number of phenols is 1. The number of aromatic hydroxyl groups is 1. The second-order valence-corrected chi connectivity index (χ2v) is 7.07. The zero-order valence-corrected chi connectivity index (χ0v) is 12.5. The highest BCUT2D eigenvalue weighted by Crippen LogP contribution is 2.32. The predicted molar refractivity (Wildman–Crippen MR) is 78.6 cm³/mol. The number of ether oxygens (including phenoxy) is 1. The maximum Gasteiger partial charge on any atom is 0.206 e. The molecule has 5 heteroatoms. The standard InChI is InChI=1S/C16H16O4S/c1-20-16-10-14(7-8-15(16)17)21(18,19)13-6-5-11-3-2-4-12(11)9-13/h5-10,17H,2-4H2,1H3. The van der Waals surface area contributed by atoms with Gasteiger partial charge in [0.15, 0.2) is 11.5 Å². The Morgan fingerprint density at radius 2 is 1.67 bits per heavy atom. The van der Waals surface area contributed by atoms with Gasteiger partial charge in [0, 0.05) is 6.07 Å². The van der Waals surface area contributed by atoms with Gasteiger partial charge in [-0.1, -0.05) is 6.07 Å². The Morgan fingerprint density at radius 3 is 2.43 bits per heavy atom. The van der Waals surface area contributed by atoms with Gasteiger partial charge in [-0.2, -0.15) is 0 Å². The fourth-order valence-corrected chi connectivity index (χ4v) is 4.00. The van der Waals surface area contributed by atoms with Crippen molar-refractivity contribution in [2.24, 2.45) is 0 Å². The molecule has 0 heterocycles. The van der Waals surface area contributed by atoms with Crippen molar-refractivity contribution in [2.75, 3.05) is 7.11 Å². The Labute approximate surface area is 123 Å². The normalized spacial score (nSPS) is 14.0. The lowest BCUT2D eigenvalue weighted by molar-refractivity contribution is 0.372. The first-order valence-electron chi connectivity index (χ1n) is 6.76. The van der Waals surface area contributed by atoms with Gasteiger partial charge in [0.25, 0.3) is 0 Å². The van der Waals surface area contributed by atoms with Crippen LogP contribution in [0.1, 0.15) is 17.5 Å². The third-order valence-corrected chi connectivity index (χ3v) is 5.59. The van der Waals surface area contributed by atoms with E-state index in [0.717, 1.165) is 24.8 Å². The average molecular weight is 304 g/mol. The van der Waals surface area contributed by atoms with Gasteiger partial charge >= 0.3 is 0 Å². The minimum atomic E-state index is -3.60.